The molecule has 0 aliphatic heterocycles. The number of carbonyl (C=O) groups excluding carboxylic acids is 2. The van der Waals surface area contributed by atoms with E-state index in [1.54, 1.807) is 6.92 Å². The Morgan fingerprint density at radius 3 is 2.55 bits per heavy atom. The van der Waals surface area contributed by atoms with Gasteiger partial charge in [0.1, 0.15) is 5.88 Å². The zero-order chi connectivity index (χ0) is 8.85. The van der Waals surface area contributed by atoms with Gasteiger partial charge in [-0.25, -0.2) is 0 Å². The van der Waals surface area contributed by atoms with E-state index in [0.717, 1.165) is 0 Å². The van der Waals surface area contributed by atoms with E-state index >= 15 is 0 Å². The average Bonchev–Trinajstić information content (AvgIpc) is 1.85. The highest BCUT2D eigenvalue weighted by Crippen LogP contribution is 1.88. The minimum atomic E-state index is -0.438. The SMILES string of the molecule is CC(CC(N)=O)NC(=O)CCl. The van der Waals surface area contributed by atoms with Crippen LogP contribution in [-0.2, 0) is 9.59 Å². The van der Waals surface area contributed by atoms with Crippen LogP contribution in [-0.4, -0.2) is 23.7 Å². The number of hydrogen-bond donors (Lipinski definition) is 2. The summed E-state index contributed by atoms with van der Waals surface area (Å²) >= 11 is 5.20. The first-order valence-corrected chi connectivity index (χ1v) is 3.73. The molecule has 0 aliphatic carbocycles. The molecule has 0 aromatic carbocycles. The quantitative estimate of drug-likeness (QED) is 0.576. The number of nitrogens with two attached hydrogens (primary N) is 1. The van der Waals surface area contributed by atoms with E-state index in [4.69, 9.17) is 17.3 Å². The lowest BCUT2D eigenvalue weighted by molar-refractivity contribution is -0.120. The molecule has 0 aromatic rings. The van der Waals surface area contributed by atoms with E-state index in [1.807, 2.05) is 0 Å². The average molecular weight is 179 g/mol. The lowest BCUT2D eigenvalue weighted by Crippen LogP contribution is -2.36. The molecule has 1 atom stereocenters. The van der Waals surface area contributed by atoms with Crippen molar-refractivity contribution in [2.75, 3.05) is 5.88 Å². The maximum Gasteiger partial charge on any atom is 0.235 e. The van der Waals surface area contributed by atoms with Crippen molar-refractivity contribution in [3.63, 3.8) is 0 Å². The fourth-order valence-corrected chi connectivity index (χ4v) is 0.743. The van der Waals surface area contributed by atoms with E-state index in [1.165, 1.54) is 0 Å². The monoisotopic (exact) mass is 178 g/mol. The second kappa shape index (κ2) is 4.96. The molecule has 1 unspecified atom stereocenters. The summed E-state index contributed by atoms with van der Waals surface area (Å²) in [5.74, 6) is -0.823. The molecule has 0 fully saturated rings. The van der Waals surface area contributed by atoms with Gasteiger partial charge in [-0.05, 0) is 6.92 Å². The largest absolute Gasteiger partial charge is 0.370 e. The zero-order valence-corrected chi connectivity index (χ0v) is 7.02. The smallest absolute Gasteiger partial charge is 0.235 e. The highest BCUT2D eigenvalue weighted by Gasteiger charge is 2.07. The van der Waals surface area contributed by atoms with Gasteiger partial charge in [0.25, 0.3) is 0 Å². The summed E-state index contributed by atoms with van der Waals surface area (Å²) in [6.45, 7) is 1.69. The lowest BCUT2D eigenvalue weighted by Gasteiger charge is -2.09. The van der Waals surface area contributed by atoms with Crippen LogP contribution in [0.4, 0.5) is 0 Å². The van der Waals surface area contributed by atoms with Gasteiger partial charge in [0.05, 0.1) is 0 Å². The standard InChI is InChI=1S/C6H11ClN2O2/c1-4(2-5(8)10)9-6(11)3-7/h4H,2-3H2,1H3,(H2,8,10)(H,9,11). The van der Waals surface area contributed by atoms with Crippen molar-refractivity contribution < 1.29 is 9.59 Å². The van der Waals surface area contributed by atoms with E-state index in [-0.39, 0.29) is 24.2 Å². The first-order chi connectivity index (χ1) is 5.06. The number of carbonyl (C=O) groups is 2. The highest BCUT2D eigenvalue weighted by molar-refractivity contribution is 6.27. The van der Waals surface area contributed by atoms with Gasteiger partial charge in [-0.2, -0.15) is 0 Å². The van der Waals surface area contributed by atoms with E-state index in [2.05, 4.69) is 5.32 Å². The molecule has 2 amide bonds. The number of halogens is 1. The van der Waals surface area contributed by atoms with E-state index < -0.39 is 5.91 Å². The summed E-state index contributed by atoms with van der Waals surface area (Å²) < 4.78 is 0. The molecule has 4 nitrogen and oxygen atoms in total. The van der Waals surface area contributed by atoms with Crippen LogP contribution >= 0.6 is 11.6 Å². The minimum Gasteiger partial charge on any atom is -0.370 e. The highest BCUT2D eigenvalue weighted by atomic mass is 35.5. The molecule has 5 heteroatoms. The summed E-state index contributed by atoms with van der Waals surface area (Å²) in [5, 5.41) is 2.49. The molecule has 0 saturated carbocycles. The Hall–Kier alpha value is -0.770. The third-order valence-electron chi connectivity index (χ3n) is 1.04. The predicted molar refractivity (Wildman–Crippen MR) is 42.1 cm³/mol. The molecular formula is C6H11ClN2O2. The summed E-state index contributed by atoms with van der Waals surface area (Å²) in [7, 11) is 0. The molecule has 11 heavy (non-hydrogen) atoms. The normalized spacial score (nSPS) is 12.2. The van der Waals surface area contributed by atoms with Gasteiger partial charge in [-0.3, -0.25) is 9.59 Å². The van der Waals surface area contributed by atoms with Crippen molar-refractivity contribution in [1.29, 1.82) is 0 Å². The Morgan fingerprint density at radius 1 is 1.64 bits per heavy atom. The van der Waals surface area contributed by atoms with Gasteiger partial charge in [0.15, 0.2) is 0 Å². The van der Waals surface area contributed by atoms with E-state index in [0.29, 0.717) is 0 Å². The summed E-state index contributed by atoms with van der Waals surface area (Å²) in [5.41, 5.74) is 4.89. The van der Waals surface area contributed by atoms with Crippen LogP contribution in [0.2, 0.25) is 0 Å². The third-order valence-corrected chi connectivity index (χ3v) is 1.28. The molecule has 3 N–H and O–H groups in total. The van der Waals surface area contributed by atoms with Crippen molar-refractivity contribution >= 4 is 23.4 Å². The van der Waals surface area contributed by atoms with Crippen molar-refractivity contribution in [2.24, 2.45) is 5.73 Å². The summed E-state index contributed by atoms with van der Waals surface area (Å²) in [6, 6.07) is -0.237. The van der Waals surface area contributed by atoms with Crippen LogP contribution in [0.1, 0.15) is 13.3 Å². The Morgan fingerprint density at radius 2 is 2.18 bits per heavy atom. The Labute approximate surface area is 70.1 Å². The van der Waals surface area contributed by atoms with Crippen LogP contribution < -0.4 is 11.1 Å². The molecule has 0 saturated heterocycles. The molecule has 0 radical (unpaired) electrons. The van der Waals surface area contributed by atoms with Crippen LogP contribution in [0.25, 0.3) is 0 Å². The van der Waals surface area contributed by atoms with Gasteiger partial charge in [0.2, 0.25) is 11.8 Å². The topological polar surface area (TPSA) is 72.2 Å². The predicted octanol–water partition coefficient (Wildman–Crippen LogP) is -0.395. The fraction of sp³-hybridized carbons (Fsp3) is 0.667. The zero-order valence-electron chi connectivity index (χ0n) is 6.26. The second-order valence-electron chi connectivity index (χ2n) is 2.27. The van der Waals surface area contributed by atoms with Gasteiger partial charge in [-0.1, -0.05) is 0 Å². The van der Waals surface area contributed by atoms with Crippen molar-refractivity contribution in [1.82, 2.24) is 5.32 Å². The lowest BCUT2D eigenvalue weighted by atomic mass is 10.2. The number of amides is 2. The number of alkyl halides is 1. The number of hydrogen-bond acceptors (Lipinski definition) is 2. The van der Waals surface area contributed by atoms with Crippen LogP contribution in [0.3, 0.4) is 0 Å². The van der Waals surface area contributed by atoms with Gasteiger partial charge in [0, 0.05) is 12.5 Å². The molecule has 0 aliphatic rings. The first-order valence-electron chi connectivity index (χ1n) is 3.20. The summed E-state index contributed by atoms with van der Waals surface area (Å²) in [4.78, 5) is 20.9. The Balaban J connectivity index is 3.60. The number of rotatable bonds is 4. The Bertz CT molecular complexity index is 161. The van der Waals surface area contributed by atoms with Crippen LogP contribution in [0.5, 0.6) is 0 Å². The maximum atomic E-state index is 10.6. The van der Waals surface area contributed by atoms with E-state index in [9.17, 15) is 9.59 Å². The van der Waals surface area contributed by atoms with Gasteiger partial charge < -0.3 is 11.1 Å². The van der Waals surface area contributed by atoms with Crippen LogP contribution in [0.15, 0.2) is 0 Å². The van der Waals surface area contributed by atoms with Crippen molar-refractivity contribution in [3.05, 3.63) is 0 Å². The maximum absolute atomic E-state index is 10.6. The minimum absolute atomic E-state index is 0.0941. The molecule has 0 rings (SSSR count). The van der Waals surface area contributed by atoms with Crippen molar-refractivity contribution in [3.8, 4) is 0 Å². The van der Waals surface area contributed by atoms with Gasteiger partial charge in [-0.15, -0.1) is 11.6 Å². The molecular weight excluding hydrogens is 168 g/mol. The second-order valence-corrected chi connectivity index (χ2v) is 2.54. The van der Waals surface area contributed by atoms with Crippen molar-refractivity contribution in [2.45, 2.75) is 19.4 Å². The molecule has 0 spiro atoms. The molecule has 0 bridgehead atoms. The third kappa shape index (κ3) is 5.66. The molecule has 0 heterocycles. The van der Waals surface area contributed by atoms with Gasteiger partial charge >= 0.3 is 0 Å². The fourth-order valence-electron chi connectivity index (χ4n) is 0.666. The molecule has 64 valence electrons. The number of primary amides is 1. The van der Waals surface area contributed by atoms with Crippen LogP contribution in [0, 0.1) is 0 Å². The number of nitrogens with one attached hydrogen (secondary N) is 1. The molecule has 0 aromatic heterocycles. The Kier molecular flexibility index (Phi) is 4.61. The first kappa shape index (κ1) is 10.2. The summed E-state index contributed by atoms with van der Waals surface area (Å²) in [6.07, 6.45) is 0.141.